The topological polar surface area (TPSA) is 148 Å². The summed E-state index contributed by atoms with van der Waals surface area (Å²) in [6, 6.07) is 9.64. The first-order valence-electron chi connectivity index (χ1n) is 14.3. The van der Waals surface area contributed by atoms with Crippen LogP contribution in [0.25, 0.3) is 10.9 Å². The molecule has 224 valence electrons. The van der Waals surface area contributed by atoms with Gasteiger partial charge in [0.2, 0.25) is 0 Å². The zero-order valence-corrected chi connectivity index (χ0v) is 24.0. The molecule has 2 heterocycles. The molecule has 0 amide bonds. The Kier molecular flexibility index (Phi) is 14.4. The van der Waals surface area contributed by atoms with Crippen LogP contribution < -0.4 is 0 Å². The standard InChI is InChI=1S/C28H38N2O.C4H6O6/c1-4-6-7-8-9-12-18-30-19-16-24(23(5-2)21-30)20-22(3)28(31)26-15-17-29-27-14-11-10-13-25(26)27;5-1(3(7)8)2(6)4(9)10/h5,10-11,13-15,17,23-24H,2-4,6-9,12,16,18-21H2,1H3;1-2,5-6H,(H,7,8)(H,9,10). The molecule has 0 spiro atoms. The number of aliphatic carboxylic acids is 2. The summed E-state index contributed by atoms with van der Waals surface area (Å²) in [6.45, 7) is 13.9. The summed E-state index contributed by atoms with van der Waals surface area (Å²) in [4.78, 5) is 39.7. The molecule has 0 saturated carbocycles. The van der Waals surface area contributed by atoms with Gasteiger partial charge in [0.25, 0.3) is 0 Å². The molecule has 0 radical (unpaired) electrons. The van der Waals surface area contributed by atoms with E-state index >= 15 is 0 Å². The number of aromatic nitrogens is 1. The third-order valence-corrected chi connectivity index (χ3v) is 7.55. The van der Waals surface area contributed by atoms with E-state index in [-0.39, 0.29) is 5.78 Å². The Morgan fingerprint density at radius 2 is 1.66 bits per heavy atom. The molecular formula is C32H44N2O7. The number of nitrogens with zero attached hydrogens (tertiary/aromatic N) is 2. The van der Waals surface area contributed by atoms with E-state index in [1.165, 1.54) is 45.1 Å². The summed E-state index contributed by atoms with van der Waals surface area (Å²) < 4.78 is 0. The molecule has 1 aromatic carbocycles. The molecule has 4 unspecified atom stereocenters. The largest absolute Gasteiger partial charge is 0.479 e. The van der Waals surface area contributed by atoms with E-state index in [0.29, 0.717) is 23.0 Å². The minimum Gasteiger partial charge on any atom is -0.479 e. The molecule has 2 aromatic rings. The fourth-order valence-electron chi connectivity index (χ4n) is 5.10. The van der Waals surface area contributed by atoms with E-state index in [1.807, 2.05) is 30.3 Å². The summed E-state index contributed by atoms with van der Waals surface area (Å²) >= 11 is 0. The van der Waals surface area contributed by atoms with E-state index in [1.54, 1.807) is 6.20 Å². The van der Waals surface area contributed by atoms with Crippen LogP contribution in [0.4, 0.5) is 0 Å². The van der Waals surface area contributed by atoms with Crippen LogP contribution in [-0.2, 0) is 9.59 Å². The Morgan fingerprint density at radius 1 is 1.02 bits per heavy atom. The van der Waals surface area contributed by atoms with Crippen LogP contribution in [0.1, 0.15) is 68.6 Å². The smallest absolute Gasteiger partial charge is 0.335 e. The van der Waals surface area contributed by atoms with Crippen LogP contribution in [0.2, 0.25) is 0 Å². The van der Waals surface area contributed by atoms with Crippen molar-refractivity contribution in [2.24, 2.45) is 11.8 Å². The second kappa shape index (κ2) is 17.4. The van der Waals surface area contributed by atoms with E-state index in [0.717, 1.165) is 36.8 Å². The Morgan fingerprint density at radius 3 is 2.29 bits per heavy atom. The number of pyridine rings is 1. The van der Waals surface area contributed by atoms with E-state index in [4.69, 9.17) is 20.4 Å². The Hall–Kier alpha value is -3.40. The first kappa shape index (κ1) is 33.8. The van der Waals surface area contributed by atoms with Crippen LogP contribution in [0.3, 0.4) is 0 Å². The highest BCUT2D eigenvalue weighted by molar-refractivity contribution is 6.15. The molecule has 0 aliphatic carbocycles. The van der Waals surface area contributed by atoms with Crippen molar-refractivity contribution in [2.45, 2.75) is 70.5 Å². The molecule has 1 saturated heterocycles. The zero-order valence-electron chi connectivity index (χ0n) is 24.0. The van der Waals surface area contributed by atoms with Crippen LogP contribution in [0, 0.1) is 11.8 Å². The third-order valence-electron chi connectivity index (χ3n) is 7.55. The molecule has 3 rings (SSSR count). The summed E-state index contributed by atoms with van der Waals surface area (Å²) in [6.07, 6.45) is 9.16. The predicted molar refractivity (Wildman–Crippen MR) is 159 cm³/mol. The molecule has 1 aliphatic rings. The van der Waals surface area contributed by atoms with Crippen LogP contribution >= 0.6 is 0 Å². The highest BCUT2D eigenvalue weighted by Crippen LogP contribution is 2.31. The SMILES string of the molecule is C=CC1CN(CCCCCCCC)CCC1CC(=C)C(=O)c1ccnc2ccccc12.O=C(O)C(O)C(O)C(=O)O. The highest BCUT2D eigenvalue weighted by Gasteiger charge is 2.30. The lowest BCUT2D eigenvalue weighted by Gasteiger charge is -2.37. The van der Waals surface area contributed by atoms with Gasteiger partial charge in [-0.3, -0.25) is 9.78 Å². The van der Waals surface area contributed by atoms with Crippen molar-refractivity contribution in [3.63, 3.8) is 0 Å². The molecular weight excluding hydrogens is 524 g/mol. The molecule has 9 heteroatoms. The molecule has 41 heavy (non-hydrogen) atoms. The number of allylic oxidation sites excluding steroid dienone is 1. The number of benzene rings is 1. The summed E-state index contributed by atoms with van der Waals surface area (Å²) in [5.74, 6) is -2.61. The van der Waals surface area contributed by atoms with Gasteiger partial charge in [-0.15, -0.1) is 6.58 Å². The maximum atomic E-state index is 13.2. The monoisotopic (exact) mass is 568 g/mol. The summed E-state index contributed by atoms with van der Waals surface area (Å²) in [7, 11) is 0. The molecule has 1 aliphatic heterocycles. The van der Waals surface area contributed by atoms with Gasteiger partial charge in [-0.05, 0) is 61.9 Å². The zero-order chi connectivity index (χ0) is 30.4. The highest BCUT2D eigenvalue weighted by atomic mass is 16.4. The summed E-state index contributed by atoms with van der Waals surface area (Å²) in [5, 5.41) is 33.4. The van der Waals surface area contributed by atoms with Crippen molar-refractivity contribution in [1.82, 2.24) is 9.88 Å². The Balaban J connectivity index is 0.000000503. The first-order valence-corrected chi connectivity index (χ1v) is 14.3. The van der Waals surface area contributed by atoms with E-state index < -0.39 is 24.1 Å². The number of carbonyl (C=O) groups excluding carboxylic acids is 1. The third kappa shape index (κ3) is 10.5. The number of ketones is 1. The van der Waals surface area contributed by atoms with Gasteiger partial charge >= 0.3 is 11.9 Å². The number of hydrogen-bond donors (Lipinski definition) is 4. The van der Waals surface area contributed by atoms with Crippen molar-refractivity contribution >= 4 is 28.6 Å². The number of likely N-dealkylation sites (tertiary alicyclic amines) is 1. The minimum atomic E-state index is -2.27. The second-order valence-electron chi connectivity index (χ2n) is 10.6. The molecule has 9 nitrogen and oxygen atoms in total. The average Bonchev–Trinajstić information content (AvgIpc) is 2.98. The molecule has 4 N–H and O–H groups in total. The van der Waals surface area contributed by atoms with Gasteiger partial charge in [0.15, 0.2) is 18.0 Å². The van der Waals surface area contributed by atoms with Gasteiger partial charge in [-0.1, -0.05) is 69.9 Å². The molecule has 4 atom stereocenters. The van der Waals surface area contributed by atoms with Crippen molar-refractivity contribution in [3.8, 4) is 0 Å². The van der Waals surface area contributed by atoms with Crippen LogP contribution in [0.5, 0.6) is 0 Å². The number of Topliss-reactive ketones (excluding diaryl/α,β-unsaturated/α-hetero) is 1. The minimum absolute atomic E-state index is 0.0518. The average molecular weight is 569 g/mol. The summed E-state index contributed by atoms with van der Waals surface area (Å²) in [5.41, 5.74) is 2.27. The first-order chi connectivity index (χ1) is 19.6. The maximum Gasteiger partial charge on any atom is 0.335 e. The number of para-hydroxylation sites is 1. The fraction of sp³-hybridized carbons (Fsp3) is 0.500. The predicted octanol–water partition coefficient (Wildman–Crippen LogP) is 4.73. The number of rotatable bonds is 15. The second-order valence-corrected chi connectivity index (χ2v) is 10.6. The molecule has 1 fully saturated rings. The quantitative estimate of drug-likeness (QED) is 0.104. The van der Waals surface area contributed by atoms with Gasteiger partial charge in [0.05, 0.1) is 5.52 Å². The van der Waals surface area contributed by atoms with E-state index in [9.17, 15) is 14.4 Å². The lowest BCUT2D eigenvalue weighted by atomic mass is 9.80. The molecule has 1 aromatic heterocycles. The lowest BCUT2D eigenvalue weighted by Crippen LogP contribution is -2.40. The van der Waals surface area contributed by atoms with Gasteiger partial charge in [-0.2, -0.15) is 0 Å². The number of piperidine rings is 1. The number of fused-ring (bicyclic) bond motifs is 1. The number of carboxylic acids is 2. The van der Waals surface area contributed by atoms with Gasteiger partial charge < -0.3 is 25.3 Å². The van der Waals surface area contributed by atoms with Crippen molar-refractivity contribution in [3.05, 3.63) is 66.9 Å². The Labute approximate surface area is 242 Å². The van der Waals surface area contributed by atoms with Gasteiger partial charge in [0.1, 0.15) is 0 Å². The number of aliphatic hydroxyl groups is 2. The van der Waals surface area contributed by atoms with E-state index in [2.05, 4.69) is 36.0 Å². The van der Waals surface area contributed by atoms with Crippen molar-refractivity contribution in [1.29, 1.82) is 0 Å². The number of carbonyl (C=O) groups is 3. The maximum absolute atomic E-state index is 13.2. The van der Waals surface area contributed by atoms with Gasteiger partial charge in [-0.25, -0.2) is 9.59 Å². The number of unbranched alkanes of at least 4 members (excludes halogenated alkanes) is 5. The van der Waals surface area contributed by atoms with Crippen molar-refractivity contribution < 1.29 is 34.8 Å². The van der Waals surface area contributed by atoms with Gasteiger partial charge in [0, 0.05) is 23.7 Å². The molecule has 0 bridgehead atoms. The number of hydrogen-bond acceptors (Lipinski definition) is 7. The lowest BCUT2D eigenvalue weighted by molar-refractivity contribution is -0.165. The Bertz CT molecular complexity index is 1160. The van der Waals surface area contributed by atoms with Crippen LogP contribution in [-0.4, -0.2) is 79.9 Å². The fourth-order valence-corrected chi connectivity index (χ4v) is 5.10. The number of carboxylic acid groups (broad SMARTS) is 2. The number of aliphatic hydroxyl groups excluding tert-OH is 2. The van der Waals surface area contributed by atoms with Crippen molar-refractivity contribution in [2.75, 3.05) is 19.6 Å². The normalized spacial score (nSPS) is 18.5. The van der Waals surface area contributed by atoms with Crippen LogP contribution in [0.15, 0.2) is 61.3 Å².